The molecule has 0 radical (unpaired) electrons. The van der Waals surface area contributed by atoms with E-state index in [0.29, 0.717) is 5.41 Å². The molecule has 3 heteroatoms. The summed E-state index contributed by atoms with van der Waals surface area (Å²) >= 11 is 0. The van der Waals surface area contributed by atoms with Gasteiger partial charge in [0.25, 0.3) is 0 Å². The van der Waals surface area contributed by atoms with E-state index in [1.165, 1.54) is 19.3 Å². The van der Waals surface area contributed by atoms with Crippen LogP contribution in [0.1, 0.15) is 78.1 Å². The summed E-state index contributed by atoms with van der Waals surface area (Å²) in [6.07, 6.45) is 10.1. The van der Waals surface area contributed by atoms with Crippen LogP contribution in [-0.2, 0) is 9.53 Å². The van der Waals surface area contributed by atoms with Crippen molar-refractivity contribution in [2.45, 2.75) is 89.2 Å². The predicted octanol–water partition coefficient (Wildman–Crippen LogP) is 4.51. The fourth-order valence-corrected chi connectivity index (χ4v) is 4.38. The second-order valence-electron chi connectivity index (χ2n) is 8.30. The number of hydrogen-bond acceptors (Lipinski definition) is 2. The van der Waals surface area contributed by atoms with E-state index >= 15 is 0 Å². The highest BCUT2D eigenvalue weighted by Gasteiger charge is 2.49. The van der Waals surface area contributed by atoms with Gasteiger partial charge in [-0.2, -0.15) is 0 Å². The molecule has 0 aromatic rings. The standard InChI is InChI=1S/C18H27NO2/c1-16-8-11-18(12-9-16,13-10-16)21-15(20)14-4-6-17(2,19-3)7-5-14/h14H,4-13H2,1-2H3. The number of hydrogen-bond donors (Lipinski definition) is 0. The van der Waals surface area contributed by atoms with E-state index < -0.39 is 0 Å². The highest BCUT2D eigenvalue weighted by atomic mass is 16.6. The Labute approximate surface area is 128 Å². The van der Waals surface area contributed by atoms with Crippen molar-refractivity contribution in [3.63, 3.8) is 0 Å². The maximum absolute atomic E-state index is 12.5. The van der Waals surface area contributed by atoms with E-state index in [9.17, 15) is 4.79 Å². The molecular weight excluding hydrogens is 262 g/mol. The van der Waals surface area contributed by atoms with Crippen molar-refractivity contribution in [3.8, 4) is 0 Å². The number of ether oxygens (including phenoxy) is 1. The number of nitrogens with zero attached hydrogens (tertiary/aromatic N) is 1. The molecule has 0 unspecified atom stereocenters. The van der Waals surface area contributed by atoms with Crippen molar-refractivity contribution >= 4 is 5.97 Å². The lowest BCUT2D eigenvalue weighted by atomic mass is 9.59. The molecule has 0 saturated heterocycles. The summed E-state index contributed by atoms with van der Waals surface area (Å²) < 4.78 is 6.04. The third-order valence-corrected chi connectivity index (χ3v) is 6.54. The first-order chi connectivity index (χ1) is 9.88. The molecule has 4 aliphatic carbocycles. The van der Waals surface area contributed by atoms with Crippen LogP contribution in [0.3, 0.4) is 0 Å². The van der Waals surface area contributed by atoms with Crippen molar-refractivity contribution in [2.24, 2.45) is 11.3 Å². The van der Waals surface area contributed by atoms with Gasteiger partial charge >= 0.3 is 5.97 Å². The summed E-state index contributed by atoms with van der Waals surface area (Å²) in [5.41, 5.74) is 0.123. The zero-order chi connectivity index (χ0) is 15.1. The lowest BCUT2D eigenvalue weighted by Crippen LogP contribution is -2.48. The topological polar surface area (TPSA) is 30.7 Å². The SMILES string of the molecule is [C-]#[N+]C1(C)CCC(C(=O)OC23CCC(C)(CC2)CC3)CC1. The first-order valence-corrected chi connectivity index (χ1v) is 8.49. The van der Waals surface area contributed by atoms with Crippen LogP contribution < -0.4 is 0 Å². The minimum absolute atomic E-state index is 0.0209. The number of carbonyl (C=O) groups excluding carboxylic acids is 1. The van der Waals surface area contributed by atoms with Crippen LogP contribution in [0.4, 0.5) is 0 Å². The molecule has 3 nitrogen and oxygen atoms in total. The molecule has 4 saturated carbocycles. The summed E-state index contributed by atoms with van der Waals surface area (Å²) in [7, 11) is 0. The summed E-state index contributed by atoms with van der Waals surface area (Å²) in [4.78, 5) is 16.3. The largest absolute Gasteiger partial charge is 0.459 e. The van der Waals surface area contributed by atoms with Gasteiger partial charge in [-0.05, 0) is 56.8 Å². The van der Waals surface area contributed by atoms with Gasteiger partial charge in [-0.15, -0.1) is 0 Å². The Morgan fingerprint density at radius 2 is 1.52 bits per heavy atom. The van der Waals surface area contributed by atoms with Crippen LogP contribution in [0.5, 0.6) is 0 Å². The van der Waals surface area contributed by atoms with E-state index in [1.807, 2.05) is 6.92 Å². The van der Waals surface area contributed by atoms with Crippen molar-refractivity contribution < 1.29 is 9.53 Å². The zero-order valence-corrected chi connectivity index (χ0v) is 13.4. The first-order valence-electron chi connectivity index (χ1n) is 8.49. The van der Waals surface area contributed by atoms with Crippen LogP contribution in [0.25, 0.3) is 4.85 Å². The van der Waals surface area contributed by atoms with Gasteiger partial charge in [-0.3, -0.25) is 4.79 Å². The molecule has 0 heterocycles. The molecule has 4 rings (SSSR count). The molecule has 2 bridgehead atoms. The normalized spacial score (nSPS) is 45.9. The summed E-state index contributed by atoms with van der Waals surface area (Å²) in [6.45, 7) is 11.7. The Morgan fingerprint density at radius 1 is 1.00 bits per heavy atom. The van der Waals surface area contributed by atoms with E-state index in [2.05, 4.69) is 11.8 Å². The summed E-state index contributed by atoms with van der Waals surface area (Å²) in [5, 5.41) is 0. The van der Waals surface area contributed by atoms with Crippen LogP contribution in [0.15, 0.2) is 0 Å². The molecule has 0 amide bonds. The van der Waals surface area contributed by atoms with Crippen molar-refractivity contribution in [3.05, 3.63) is 11.4 Å². The molecule has 0 N–H and O–H groups in total. The number of rotatable bonds is 2. The average molecular weight is 289 g/mol. The molecular formula is C18H27NO2. The quantitative estimate of drug-likeness (QED) is 0.553. The number of fused-ring (bicyclic) bond motifs is 3. The van der Waals surface area contributed by atoms with Crippen LogP contribution in [-0.4, -0.2) is 17.1 Å². The Bertz CT molecular complexity index is 444. The van der Waals surface area contributed by atoms with Gasteiger partial charge in [0, 0.05) is 19.8 Å². The minimum Gasteiger partial charge on any atom is -0.459 e. The second kappa shape index (κ2) is 5.00. The Balaban J connectivity index is 1.57. The fraction of sp³-hybridized carbons (Fsp3) is 0.889. The van der Waals surface area contributed by atoms with Gasteiger partial charge in [-0.25, -0.2) is 6.57 Å². The van der Waals surface area contributed by atoms with Crippen molar-refractivity contribution in [1.82, 2.24) is 0 Å². The molecule has 4 fully saturated rings. The van der Waals surface area contributed by atoms with Gasteiger partial charge in [-0.1, -0.05) is 6.92 Å². The Hall–Kier alpha value is -1.04. The van der Waals surface area contributed by atoms with E-state index in [0.717, 1.165) is 44.9 Å². The smallest absolute Gasteiger partial charge is 0.309 e. The van der Waals surface area contributed by atoms with E-state index in [4.69, 9.17) is 11.3 Å². The Morgan fingerprint density at radius 3 is 2.00 bits per heavy atom. The Kier molecular flexibility index (Phi) is 3.55. The third kappa shape index (κ3) is 2.82. The molecule has 0 aromatic carbocycles. The zero-order valence-electron chi connectivity index (χ0n) is 13.4. The van der Waals surface area contributed by atoms with Gasteiger partial charge in [0.05, 0.1) is 5.92 Å². The van der Waals surface area contributed by atoms with Crippen molar-refractivity contribution in [2.75, 3.05) is 0 Å². The highest BCUT2D eigenvalue weighted by molar-refractivity contribution is 5.73. The van der Waals surface area contributed by atoms with Crippen LogP contribution in [0, 0.1) is 17.9 Å². The third-order valence-electron chi connectivity index (χ3n) is 6.54. The predicted molar refractivity (Wildman–Crippen MR) is 81.6 cm³/mol. The first kappa shape index (κ1) is 14.9. The summed E-state index contributed by atoms with van der Waals surface area (Å²) in [6, 6.07) is 0. The van der Waals surface area contributed by atoms with Gasteiger partial charge in [0.1, 0.15) is 5.60 Å². The summed E-state index contributed by atoms with van der Waals surface area (Å²) in [5.74, 6) is 0.0528. The molecule has 4 aliphatic rings. The minimum atomic E-state index is -0.243. The monoisotopic (exact) mass is 289 g/mol. The molecule has 116 valence electrons. The maximum Gasteiger partial charge on any atom is 0.309 e. The van der Waals surface area contributed by atoms with E-state index in [-0.39, 0.29) is 23.0 Å². The molecule has 0 spiro atoms. The average Bonchev–Trinajstić information content (AvgIpc) is 2.50. The van der Waals surface area contributed by atoms with Gasteiger partial charge in [0.15, 0.2) is 0 Å². The lowest BCUT2D eigenvalue weighted by molar-refractivity contribution is -0.182. The van der Waals surface area contributed by atoms with Crippen molar-refractivity contribution in [1.29, 1.82) is 0 Å². The van der Waals surface area contributed by atoms with Crippen LogP contribution >= 0.6 is 0 Å². The fourth-order valence-electron chi connectivity index (χ4n) is 4.38. The second-order valence-corrected chi connectivity index (χ2v) is 8.30. The maximum atomic E-state index is 12.5. The molecule has 0 atom stereocenters. The molecule has 0 aliphatic heterocycles. The molecule has 0 aromatic heterocycles. The van der Waals surface area contributed by atoms with Gasteiger partial charge < -0.3 is 9.58 Å². The molecule has 21 heavy (non-hydrogen) atoms. The van der Waals surface area contributed by atoms with Crippen LogP contribution in [0.2, 0.25) is 0 Å². The lowest BCUT2D eigenvalue weighted by Gasteiger charge is -2.51. The van der Waals surface area contributed by atoms with Gasteiger partial charge in [0.2, 0.25) is 5.54 Å². The van der Waals surface area contributed by atoms with E-state index in [1.54, 1.807) is 0 Å². The number of esters is 1. The number of carbonyl (C=O) groups is 1. The highest BCUT2D eigenvalue weighted by Crippen LogP contribution is 2.54.